The van der Waals surface area contributed by atoms with Gasteiger partial charge in [-0.2, -0.15) is 5.10 Å². The second-order valence-electron chi connectivity index (χ2n) is 6.23. The highest BCUT2D eigenvalue weighted by atomic mass is 32.1. The summed E-state index contributed by atoms with van der Waals surface area (Å²) in [6.45, 7) is 4.54. The molecule has 1 N–H and O–H groups in total. The molecular formula is C15H24N4S. The summed E-state index contributed by atoms with van der Waals surface area (Å²) in [5.74, 6) is 0.858. The highest BCUT2D eigenvalue weighted by Gasteiger charge is 2.24. The molecule has 0 saturated heterocycles. The number of hydrogen-bond donors (Lipinski definition) is 1. The molecule has 1 aliphatic carbocycles. The van der Waals surface area contributed by atoms with Crippen LogP contribution in [0.1, 0.15) is 57.7 Å². The number of aromatic amines is 1. The molecule has 20 heavy (non-hydrogen) atoms. The SMILES string of the molecule is CCCc1nn(C)c2c1[nH]c(=S)n2C1CCC(C)CC1. The molecule has 1 aliphatic rings. The van der Waals surface area contributed by atoms with Gasteiger partial charge in [-0.1, -0.05) is 20.3 Å². The molecule has 1 fully saturated rings. The molecule has 0 spiro atoms. The van der Waals surface area contributed by atoms with Gasteiger partial charge in [0.05, 0.1) is 5.69 Å². The predicted octanol–water partition coefficient (Wildman–Crippen LogP) is 4.14. The molecule has 0 bridgehead atoms. The number of aryl methyl sites for hydroxylation is 2. The number of rotatable bonds is 3. The molecular weight excluding hydrogens is 268 g/mol. The highest BCUT2D eigenvalue weighted by Crippen LogP contribution is 2.34. The number of fused-ring (bicyclic) bond motifs is 1. The van der Waals surface area contributed by atoms with Crippen molar-refractivity contribution in [1.82, 2.24) is 19.3 Å². The summed E-state index contributed by atoms with van der Waals surface area (Å²) in [5, 5.41) is 4.67. The lowest BCUT2D eigenvalue weighted by atomic mass is 9.87. The fraction of sp³-hybridized carbons (Fsp3) is 0.733. The fourth-order valence-electron chi connectivity index (χ4n) is 3.49. The van der Waals surface area contributed by atoms with E-state index in [9.17, 15) is 0 Å². The predicted molar refractivity (Wildman–Crippen MR) is 84.6 cm³/mol. The second kappa shape index (κ2) is 5.35. The molecule has 0 atom stereocenters. The Bertz CT molecular complexity index is 655. The van der Waals surface area contributed by atoms with Crippen molar-refractivity contribution in [3.63, 3.8) is 0 Å². The molecule has 0 amide bonds. The smallest absolute Gasteiger partial charge is 0.179 e. The van der Waals surface area contributed by atoms with Crippen molar-refractivity contribution >= 4 is 23.4 Å². The molecule has 2 aromatic rings. The number of nitrogens with zero attached hydrogens (tertiary/aromatic N) is 3. The molecule has 0 aromatic carbocycles. The van der Waals surface area contributed by atoms with Crippen molar-refractivity contribution < 1.29 is 0 Å². The summed E-state index contributed by atoms with van der Waals surface area (Å²) >= 11 is 5.59. The maximum Gasteiger partial charge on any atom is 0.179 e. The first-order valence-electron chi connectivity index (χ1n) is 7.77. The van der Waals surface area contributed by atoms with Crippen molar-refractivity contribution in [2.75, 3.05) is 0 Å². The van der Waals surface area contributed by atoms with Crippen LogP contribution in [0.25, 0.3) is 11.2 Å². The molecule has 3 rings (SSSR count). The lowest BCUT2D eigenvalue weighted by Crippen LogP contribution is -2.18. The first-order chi connectivity index (χ1) is 9.61. The van der Waals surface area contributed by atoms with Gasteiger partial charge in [0.2, 0.25) is 0 Å². The van der Waals surface area contributed by atoms with Gasteiger partial charge in [0.25, 0.3) is 0 Å². The van der Waals surface area contributed by atoms with Gasteiger partial charge in [-0.3, -0.25) is 9.25 Å². The van der Waals surface area contributed by atoms with E-state index in [0.29, 0.717) is 6.04 Å². The van der Waals surface area contributed by atoms with E-state index in [0.717, 1.165) is 34.7 Å². The van der Waals surface area contributed by atoms with Crippen LogP contribution in [0.3, 0.4) is 0 Å². The minimum atomic E-state index is 0.539. The van der Waals surface area contributed by atoms with E-state index >= 15 is 0 Å². The van der Waals surface area contributed by atoms with Crippen molar-refractivity contribution in [1.29, 1.82) is 0 Å². The highest BCUT2D eigenvalue weighted by molar-refractivity contribution is 7.71. The molecule has 0 aliphatic heterocycles. The van der Waals surface area contributed by atoms with Crippen molar-refractivity contribution in [3.8, 4) is 0 Å². The lowest BCUT2D eigenvalue weighted by molar-refractivity contribution is 0.290. The van der Waals surface area contributed by atoms with Crippen molar-refractivity contribution in [2.24, 2.45) is 13.0 Å². The van der Waals surface area contributed by atoms with Gasteiger partial charge in [-0.15, -0.1) is 0 Å². The summed E-state index contributed by atoms with van der Waals surface area (Å²) in [4.78, 5) is 3.40. The van der Waals surface area contributed by atoms with Gasteiger partial charge in [0, 0.05) is 13.1 Å². The van der Waals surface area contributed by atoms with E-state index < -0.39 is 0 Å². The third kappa shape index (κ3) is 2.22. The summed E-state index contributed by atoms with van der Waals surface area (Å²) in [5.41, 5.74) is 3.48. The average molecular weight is 292 g/mol. The molecule has 1 saturated carbocycles. The van der Waals surface area contributed by atoms with Gasteiger partial charge in [0.15, 0.2) is 10.4 Å². The minimum absolute atomic E-state index is 0.539. The van der Waals surface area contributed by atoms with Crippen LogP contribution in [-0.4, -0.2) is 19.3 Å². The maximum atomic E-state index is 5.59. The Kier molecular flexibility index (Phi) is 3.71. The van der Waals surface area contributed by atoms with E-state index in [-0.39, 0.29) is 0 Å². The molecule has 2 aromatic heterocycles. The van der Waals surface area contributed by atoms with E-state index in [1.165, 1.54) is 31.3 Å². The average Bonchev–Trinajstić information content (AvgIpc) is 2.90. The van der Waals surface area contributed by atoms with Crippen LogP contribution >= 0.6 is 12.2 Å². The van der Waals surface area contributed by atoms with Crippen LogP contribution in [-0.2, 0) is 13.5 Å². The summed E-state index contributed by atoms with van der Waals surface area (Å²) in [6, 6.07) is 0.539. The molecule has 0 radical (unpaired) electrons. The van der Waals surface area contributed by atoms with E-state index in [2.05, 4.69) is 28.5 Å². The zero-order valence-electron chi connectivity index (χ0n) is 12.6. The molecule has 5 heteroatoms. The molecule has 110 valence electrons. The molecule has 2 heterocycles. The quantitative estimate of drug-likeness (QED) is 0.864. The first kappa shape index (κ1) is 13.9. The van der Waals surface area contributed by atoms with Crippen LogP contribution in [0.2, 0.25) is 0 Å². The third-order valence-corrected chi connectivity index (χ3v) is 4.90. The monoisotopic (exact) mass is 292 g/mol. The lowest BCUT2D eigenvalue weighted by Gasteiger charge is -2.27. The summed E-state index contributed by atoms with van der Waals surface area (Å²) in [6.07, 6.45) is 7.19. The number of hydrogen-bond acceptors (Lipinski definition) is 2. The Morgan fingerprint density at radius 3 is 2.65 bits per heavy atom. The maximum absolute atomic E-state index is 5.59. The summed E-state index contributed by atoms with van der Waals surface area (Å²) in [7, 11) is 2.03. The van der Waals surface area contributed by atoms with Crippen LogP contribution in [0, 0.1) is 10.7 Å². The molecule has 0 unspecified atom stereocenters. The fourth-order valence-corrected chi connectivity index (χ4v) is 3.83. The van der Waals surface area contributed by atoms with Crippen LogP contribution < -0.4 is 0 Å². The second-order valence-corrected chi connectivity index (χ2v) is 6.62. The van der Waals surface area contributed by atoms with E-state index in [4.69, 9.17) is 12.2 Å². The van der Waals surface area contributed by atoms with Gasteiger partial charge in [-0.25, -0.2) is 0 Å². The number of imidazole rings is 1. The Balaban J connectivity index is 2.06. The topological polar surface area (TPSA) is 38.5 Å². The van der Waals surface area contributed by atoms with Gasteiger partial charge < -0.3 is 4.98 Å². The van der Waals surface area contributed by atoms with Crippen LogP contribution in [0.5, 0.6) is 0 Å². The largest absolute Gasteiger partial charge is 0.328 e. The van der Waals surface area contributed by atoms with Gasteiger partial charge >= 0.3 is 0 Å². The Labute approximate surface area is 125 Å². The van der Waals surface area contributed by atoms with Gasteiger partial charge in [0.1, 0.15) is 5.52 Å². The first-order valence-corrected chi connectivity index (χ1v) is 8.18. The van der Waals surface area contributed by atoms with E-state index in [1.807, 2.05) is 11.7 Å². The molecule has 4 nitrogen and oxygen atoms in total. The number of aromatic nitrogens is 4. The Morgan fingerprint density at radius 2 is 2.00 bits per heavy atom. The standard InChI is InChI=1S/C15H24N4S/c1-4-5-12-13-14(18(3)17-12)19(15(20)16-13)11-8-6-10(2)7-9-11/h10-11H,4-9H2,1-3H3,(H,16,20). The Hall–Kier alpha value is -1.10. The van der Waals surface area contributed by atoms with Crippen molar-refractivity contribution in [3.05, 3.63) is 10.5 Å². The van der Waals surface area contributed by atoms with E-state index in [1.54, 1.807) is 0 Å². The normalized spacial score (nSPS) is 23.6. The minimum Gasteiger partial charge on any atom is -0.328 e. The Morgan fingerprint density at radius 1 is 1.30 bits per heavy atom. The summed E-state index contributed by atoms with van der Waals surface area (Å²) < 4.78 is 5.19. The zero-order chi connectivity index (χ0) is 14.3. The van der Waals surface area contributed by atoms with Gasteiger partial charge in [-0.05, 0) is 50.2 Å². The van der Waals surface area contributed by atoms with Crippen molar-refractivity contribution in [2.45, 2.75) is 58.4 Å². The third-order valence-electron chi connectivity index (χ3n) is 4.61. The zero-order valence-corrected chi connectivity index (χ0v) is 13.5. The van der Waals surface area contributed by atoms with Crippen LogP contribution in [0.15, 0.2) is 0 Å². The number of nitrogens with one attached hydrogen (secondary N) is 1. The number of H-pyrrole nitrogens is 1. The van der Waals surface area contributed by atoms with Crippen LogP contribution in [0.4, 0.5) is 0 Å².